The monoisotopic (exact) mass is 292 g/mol. The van der Waals surface area contributed by atoms with Crippen LogP contribution in [0.5, 0.6) is 0 Å². The lowest BCUT2D eigenvalue weighted by Crippen LogP contribution is -2.24. The van der Waals surface area contributed by atoms with Gasteiger partial charge in [0.15, 0.2) is 0 Å². The summed E-state index contributed by atoms with van der Waals surface area (Å²) in [5, 5.41) is 0. The molecular formula is C19H29FO. The second kappa shape index (κ2) is 9.19. The normalized spacial score (nSPS) is 22.4. The molecule has 1 aliphatic heterocycles. The van der Waals surface area contributed by atoms with Gasteiger partial charge in [0.25, 0.3) is 0 Å². The smallest absolute Gasteiger partial charge is 0.123 e. The summed E-state index contributed by atoms with van der Waals surface area (Å²) in [6.07, 6.45) is 12.1. The first-order valence-corrected chi connectivity index (χ1v) is 8.66. The summed E-state index contributed by atoms with van der Waals surface area (Å²) < 4.78 is 18.9. The van der Waals surface area contributed by atoms with Gasteiger partial charge >= 0.3 is 0 Å². The van der Waals surface area contributed by atoms with Gasteiger partial charge in [-0.15, -0.1) is 0 Å². The Morgan fingerprint density at radius 3 is 2.38 bits per heavy atom. The quantitative estimate of drug-likeness (QED) is 0.547. The first kappa shape index (κ1) is 16.5. The van der Waals surface area contributed by atoms with Gasteiger partial charge < -0.3 is 4.74 Å². The van der Waals surface area contributed by atoms with Crippen LogP contribution in [0.2, 0.25) is 0 Å². The lowest BCUT2D eigenvalue weighted by molar-refractivity contribution is -0.00215. The summed E-state index contributed by atoms with van der Waals surface area (Å²) in [5.41, 5.74) is 1.22. The van der Waals surface area contributed by atoms with Crippen molar-refractivity contribution in [2.45, 2.75) is 76.7 Å². The molecule has 2 rings (SSSR count). The number of halogens is 1. The Hall–Kier alpha value is -0.890. The molecule has 1 saturated heterocycles. The fourth-order valence-electron chi connectivity index (χ4n) is 3.18. The predicted octanol–water partition coefficient (Wildman–Crippen LogP) is 5.84. The number of unbranched alkanes of at least 4 members (excludes halogenated alkanes) is 5. The van der Waals surface area contributed by atoms with Crippen LogP contribution in [-0.2, 0) is 4.74 Å². The van der Waals surface area contributed by atoms with Crippen molar-refractivity contribution in [1.82, 2.24) is 0 Å². The van der Waals surface area contributed by atoms with Crippen molar-refractivity contribution in [3.63, 3.8) is 0 Å². The van der Waals surface area contributed by atoms with Crippen LogP contribution in [0.1, 0.15) is 76.2 Å². The minimum Gasteiger partial charge on any atom is -0.378 e. The molecule has 0 aromatic heterocycles. The molecule has 2 heteroatoms. The first-order valence-electron chi connectivity index (χ1n) is 8.66. The molecular weight excluding hydrogens is 263 g/mol. The van der Waals surface area contributed by atoms with E-state index in [1.54, 1.807) is 12.1 Å². The van der Waals surface area contributed by atoms with E-state index in [-0.39, 0.29) is 5.82 Å². The second-order valence-electron chi connectivity index (χ2n) is 6.34. The van der Waals surface area contributed by atoms with Gasteiger partial charge in [-0.05, 0) is 37.0 Å². The van der Waals surface area contributed by atoms with E-state index >= 15 is 0 Å². The number of ether oxygens (including phenoxy) is 1. The highest BCUT2D eigenvalue weighted by Crippen LogP contribution is 2.30. The first-order chi connectivity index (χ1) is 10.3. The highest BCUT2D eigenvalue weighted by atomic mass is 19.1. The molecule has 0 bridgehead atoms. The molecule has 0 N–H and O–H groups in total. The fraction of sp³-hybridized carbons (Fsp3) is 0.684. The maximum Gasteiger partial charge on any atom is 0.123 e. The third-order valence-electron chi connectivity index (χ3n) is 4.59. The molecule has 2 atom stereocenters. The third-order valence-corrected chi connectivity index (χ3v) is 4.59. The molecule has 0 saturated carbocycles. The molecule has 2 unspecified atom stereocenters. The van der Waals surface area contributed by atoms with Crippen LogP contribution in [-0.4, -0.2) is 12.7 Å². The Morgan fingerprint density at radius 2 is 1.71 bits per heavy atom. The SMILES string of the molecule is CCCCCCCCC1CCC(c2ccc(F)cc2)CO1. The molecule has 0 aliphatic carbocycles. The van der Waals surface area contributed by atoms with Crippen molar-refractivity contribution in [1.29, 1.82) is 0 Å². The van der Waals surface area contributed by atoms with Gasteiger partial charge in [-0.25, -0.2) is 4.39 Å². The predicted molar refractivity (Wildman–Crippen MR) is 86.1 cm³/mol. The molecule has 1 aromatic rings. The summed E-state index contributed by atoms with van der Waals surface area (Å²) in [7, 11) is 0. The van der Waals surface area contributed by atoms with Crippen molar-refractivity contribution in [3.05, 3.63) is 35.6 Å². The average Bonchev–Trinajstić information content (AvgIpc) is 2.52. The zero-order chi connectivity index (χ0) is 14.9. The average molecular weight is 292 g/mol. The van der Waals surface area contributed by atoms with Gasteiger partial charge in [0.2, 0.25) is 0 Å². The minimum atomic E-state index is -0.156. The lowest BCUT2D eigenvalue weighted by atomic mass is 9.90. The third kappa shape index (κ3) is 5.78. The van der Waals surface area contributed by atoms with E-state index in [0.717, 1.165) is 13.0 Å². The van der Waals surface area contributed by atoms with Crippen molar-refractivity contribution < 1.29 is 9.13 Å². The lowest BCUT2D eigenvalue weighted by Gasteiger charge is -2.29. The van der Waals surface area contributed by atoms with E-state index in [0.29, 0.717) is 12.0 Å². The standard InChI is InChI=1S/C19H29FO/c1-2-3-4-5-6-7-8-19-14-11-17(15-21-19)16-9-12-18(20)13-10-16/h9-10,12-13,17,19H,2-8,11,14-15H2,1H3. The minimum absolute atomic E-state index is 0.156. The zero-order valence-electron chi connectivity index (χ0n) is 13.3. The van der Waals surface area contributed by atoms with Gasteiger partial charge in [-0.1, -0.05) is 57.6 Å². The molecule has 118 valence electrons. The van der Waals surface area contributed by atoms with Crippen LogP contribution in [0.15, 0.2) is 24.3 Å². The molecule has 1 fully saturated rings. The Morgan fingerprint density at radius 1 is 1.00 bits per heavy atom. The maximum atomic E-state index is 12.9. The molecule has 21 heavy (non-hydrogen) atoms. The largest absolute Gasteiger partial charge is 0.378 e. The zero-order valence-corrected chi connectivity index (χ0v) is 13.3. The Bertz CT molecular complexity index is 379. The number of benzene rings is 1. The van der Waals surface area contributed by atoms with Crippen LogP contribution >= 0.6 is 0 Å². The number of hydrogen-bond acceptors (Lipinski definition) is 1. The van der Waals surface area contributed by atoms with E-state index < -0.39 is 0 Å². The van der Waals surface area contributed by atoms with Gasteiger partial charge in [0, 0.05) is 5.92 Å². The summed E-state index contributed by atoms with van der Waals surface area (Å²) in [6, 6.07) is 6.91. The molecule has 1 nitrogen and oxygen atoms in total. The molecule has 0 spiro atoms. The second-order valence-corrected chi connectivity index (χ2v) is 6.34. The van der Waals surface area contributed by atoms with E-state index in [1.807, 2.05) is 12.1 Å². The highest BCUT2D eigenvalue weighted by Gasteiger charge is 2.22. The highest BCUT2D eigenvalue weighted by molar-refractivity contribution is 5.20. The van der Waals surface area contributed by atoms with Crippen LogP contribution in [0, 0.1) is 5.82 Å². The van der Waals surface area contributed by atoms with Gasteiger partial charge in [0.1, 0.15) is 5.82 Å². The van der Waals surface area contributed by atoms with Crippen LogP contribution in [0.3, 0.4) is 0 Å². The Labute approximate surface area is 128 Å². The summed E-state index contributed by atoms with van der Waals surface area (Å²) in [5.74, 6) is 0.294. The summed E-state index contributed by atoms with van der Waals surface area (Å²) in [6.45, 7) is 3.06. The van der Waals surface area contributed by atoms with Crippen molar-refractivity contribution in [2.75, 3.05) is 6.61 Å². The van der Waals surface area contributed by atoms with Crippen molar-refractivity contribution in [2.24, 2.45) is 0 Å². The van der Waals surface area contributed by atoms with Crippen LogP contribution < -0.4 is 0 Å². The van der Waals surface area contributed by atoms with Gasteiger partial charge in [-0.3, -0.25) is 0 Å². The van der Waals surface area contributed by atoms with E-state index in [2.05, 4.69) is 6.92 Å². The van der Waals surface area contributed by atoms with E-state index in [4.69, 9.17) is 4.74 Å². The van der Waals surface area contributed by atoms with Crippen LogP contribution in [0.4, 0.5) is 4.39 Å². The molecule has 0 radical (unpaired) electrons. The molecule has 1 heterocycles. The summed E-state index contributed by atoms with van der Waals surface area (Å²) >= 11 is 0. The topological polar surface area (TPSA) is 9.23 Å². The van der Waals surface area contributed by atoms with Crippen molar-refractivity contribution in [3.8, 4) is 0 Å². The molecule has 1 aromatic carbocycles. The van der Waals surface area contributed by atoms with Gasteiger partial charge in [0.05, 0.1) is 12.7 Å². The Balaban J connectivity index is 1.61. The molecule has 1 aliphatic rings. The Kier molecular flexibility index (Phi) is 7.21. The summed E-state index contributed by atoms with van der Waals surface area (Å²) in [4.78, 5) is 0. The maximum absolute atomic E-state index is 12.9. The van der Waals surface area contributed by atoms with Crippen molar-refractivity contribution >= 4 is 0 Å². The van der Waals surface area contributed by atoms with Gasteiger partial charge in [-0.2, -0.15) is 0 Å². The molecule has 0 amide bonds. The van der Waals surface area contributed by atoms with Crippen LogP contribution in [0.25, 0.3) is 0 Å². The fourth-order valence-corrected chi connectivity index (χ4v) is 3.18. The number of hydrogen-bond donors (Lipinski definition) is 0. The number of rotatable bonds is 8. The van der Waals surface area contributed by atoms with E-state index in [1.165, 1.54) is 56.9 Å². The van der Waals surface area contributed by atoms with E-state index in [9.17, 15) is 4.39 Å².